The van der Waals surface area contributed by atoms with Crippen molar-refractivity contribution in [2.45, 2.75) is 13.0 Å². The smallest absolute Gasteiger partial charge is 0.263 e. The topological polar surface area (TPSA) is 77.1 Å². The summed E-state index contributed by atoms with van der Waals surface area (Å²) < 4.78 is 5.44. The van der Waals surface area contributed by atoms with Crippen LogP contribution in [0.2, 0.25) is 0 Å². The van der Waals surface area contributed by atoms with Crippen LogP contribution in [0, 0.1) is 22.7 Å². The SMILES string of the molecule is C[C@H](Oc1ccccc1C#N)C(=O)N(C)CC#N. The Morgan fingerprint density at radius 2 is 2.11 bits per heavy atom. The first-order chi connectivity index (χ1) is 8.60. The van der Waals surface area contributed by atoms with Gasteiger partial charge < -0.3 is 9.64 Å². The maximum atomic E-state index is 11.8. The molecular weight excluding hydrogens is 230 g/mol. The number of para-hydroxylation sites is 1. The molecule has 1 rings (SSSR count). The lowest BCUT2D eigenvalue weighted by atomic mass is 10.2. The van der Waals surface area contributed by atoms with Gasteiger partial charge in [0.2, 0.25) is 0 Å². The van der Waals surface area contributed by atoms with Crippen molar-refractivity contribution in [1.82, 2.24) is 4.90 Å². The maximum absolute atomic E-state index is 11.8. The molecule has 0 unspecified atom stereocenters. The predicted octanol–water partition coefficient (Wildman–Crippen LogP) is 1.31. The second-order valence-corrected chi connectivity index (χ2v) is 3.72. The zero-order valence-corrected chi connectivity index (χ0v) is 10.3. The van der Waals surface area contributed by atoms with Crippen LogP contribution in [0.4, 0.5) is 0 Å². The van der Waals surface area contributed by atoms with Gasteiger partial charge in [-0.2, -0.15) is 10.5 Å². The van der Waals surface area contributed by atoms with Crippen LogP contribution in [0.5, 0.6) is 5.75 Å². The lowest BCUT2D eigenvalue weighted by Gasteiger charge is -2.20. The number of nitrogens with zero attached hydrogens (tertiary/aromatic N) is 3. The van der Waals surface area contributed by atoms with E-state index in [2.05, 4.69) is 0 Å². The van der Waals surface area contributed by atoms with E-state index in [-0.39, 0.29) is 12.5 Å². The van der Waals surface area contributed by atoms with Crippen molar-refractivity contribution >= 4 is 5.91 Å². The van der Waals surface area contributed by atoms with Crippen LogP contribution in [-0.4, -0.2) is 30.5 Å². The monoisotopic (exact) mass is 243 g/mol. The lowest BCUT2D eigenvalue weighted by Crippen LogP contribution is -2.38. The summed E-state index contributed by atoms with van der Waals surface area (Å²) in [6.45, 7) is 1.59. The first-order valence-electron chi connectivity index (χ1n) is 5.38. The molecule has 0 aliphatic carbocycles. The molecule has 1 aromatic carbocycles. The van der Waals surface area contributed by atoms with Gasteiger partial charge in [-0.05, 0) is 19.1 Å². The molecular formula is C13H13N3O2. The molecule has 5 heteroatoms. The number of hydrogen-bond acceptors (Lipinski definition) is 4. The van der Waals surface area contributed by atoms with Gasteiger partial charge >= 0.3 is 0 Å². The van der Waals surface area contributed by atoms with E-state index in [1.807, 2.05) is 12.1 Å². The van der Waals surface area contributed by atoms with E-state index < -0.39 is 6.10 Å². The minimum Gasteiger partial charge on any atom is -0.480 e. The Bertz CT molecular complexity index is 514. The molecule has 0 aromatic heterocycles. The van der Waals surface area contributed by atoms with Gasteiger partial charge in [-0.15, -0.1) is 0 Å². The molecule has 0 bridgehead atoms. The third-order valence-corrected chi connectivity index (χ3v) is 2.34. The molecule has 0 N–H and O–H groups in total. The summed E-state index contributed by atoms with van der Waals surface area (Å²) >= 11 is 0. The van der Waals surface area contributed by atoms with E-state index in [4.69, 9.17) is 15.3 Å². The van der Waals surface area contributed by atoms with E-state index >= 15 is 0 Å². The Morgan fingerprint density at radius 1 is 1.44 bits per heavy atom. The summed E-state index contributed by atoms with van der Waals surface area (Å²) in [5.74, 6) is 0.0653. The van der Waals surface area contributed by atoms with Crippen LogP contribution in [0.25, 0.3) is 0 Å². The predicted molar refractivity (Wildman–Crippen MR) is 64.5 cm³/mol. The molecule has 1 aromatic rings. The van der Waals surface area contributed by atoms with E-state index in [1.165, 1.54) is 11.9 Å². The molecule has 1 atom stereocenters. The minimum atomic E-state index is -0.738. The van der Waals surface area contributed by atoms with Crippen LogP contribution in [-0.2, 0) is 4.79 Å². The number of ether oxygens (including phenoxy) is 1. The Balaban J connectivity index is 2.76. The average molecular weight is 243 g/mol. The number of hydrogen-bond donors (Lipinski definition) is 0. The molecule has 0 spiro atoms. The van der Waals surface area contributed by atoms with Crippen molar-refractivity contribution in [3.05, 3.63) is 29.8 Å². The van der Waals surface area contributed by atoms with Gasteiger partial charge in [-0.25, -0.2) is 0 Å². The zero-order chi connectivity index (χ0) is 13.5. The van der Waals surface area contributed by atoms with Gasteiger partial charge in [0, 0.05) is 7.05 Å². The Labute approximate surface area is 106 Å². The Morgan fingerprint density at radius 3 is 2.72 bits per heavy atom. The van der Waals surface area contributed by atoms with Gasteiger partial charge in [0.05, 0.1) is 11.6 Å². The van der Waals surface area contributed by atoms with Crippen molar-refractivity contribution in [3.63, 3.8) is 0 Å². The van der Waals surface area contributed by atoms with E-state index in [0.717, 1.165) is 0 Å². The zero-order valence-electron chi connectivity index (χ0n) is 10.3. The van der Waals surface area contributed by atoms with Crippen LogP contribution < -0.4 is 4.74 Å². The third-order valence-electron chi connectivity index (χ3n) is 2.34. The summed E-state index contributed by atoms with van der Waals surface area (Å²) in [5.41, 5.74) is 0.375. The molecule has 0 saturated heterocycles. The number of amides is 1. The molecule has 5 nitrogen and oxygen atoms in total. The Kier molecular flexibility index (Phi) is 4.71. The number of rotatable bonds is 4. The van der Waals surface area contributed by atoms with Crippen molar-refractivity contribution in [2.24, 2.45) is 0 Å². The number of carbonyl (C=O) groups excluding carboxylic acids is 1. The number of nitriles is 2. The largest absolute Gasteiger partial charge is 0.480 e. The van der Waals surface area contributed by atoms with Crippen LogP contribution in [0.1, 0.15) is 12.5 Å². The molecule has 0 aliphatic rings. The van der Waals surface area contributed by atoms with E-state index in [1.54, 1.807) is 31.2 Å². The standard InChI is InChI=1S/C13H13N3O2/c1-10(13(17)16(2)8-7-14)18-12-6-4-3-5-11(12)9-15/h3-6,10H,8H2,1-2H3/t10-/m0/s1. The van der Waals surface area contributed by atoms with Crippen molar-refractivity contribution in [2.75, 3.05) is 13.6 Å². The van der Waals surface area contributed by atoms with Gasteiger partial charge in [0.15, 0.2) is 6.10 Å². The highest BCUT2D eigenvalue weighted by atomic mass is 16.5. The number of benzene rings is 1. The quantitative estimate of drug-likeness (QED) is 0.747. The van der Waals surface area contributed by atoms with Gasteiger partial charge in [0.25, 0.3) is 5.91 Å². The lowest BCUT2D eigenvalue weighted by molar-refractivity contribution is -0.136. The minimum absolute atomic E-state index is 0.00638. The summed E-state index contributed by atoms with van der Waals surface area (Å²) in [4.78, 5) is 13.1. The van der Waals surface area contributed by atoms with Crippen molar-refractivity contribution in [3.8, 4) is 17.9 Å². The van der Waals surface area contributed by atoms with Crippen molar-refractivity contribution < 1.29 is 9.53 Å². The Hall–Kier alpha value is -2.53. The highest BCUT2D eigenvalue weighted by Crippen LogP contribution is 2.18. The average Bonchev–Trinajstić information content (AvgIpc) is 2.38. The fourth-order valence-electron chi connectivity index (χ4n) is 1.40. The molecule has 18 heavy (non-hydrogen) atoms. The number of carbonyl (C=O) groups is 1. The van der Waals surface area contributed by atoms with Crippen LogP contribution in [0.3, 0.4) is 0 Å². The normalized spacial score (nSPS) is 10.9. The van der Waals surface area contributed by atoms with Gasteiger partial charge in [-0.3, -0.25) is 4.79 Å². The first kappa shape index (κ1) is 13.5. The fraction of sp³-hybridized carbons (Fsp3) is 0.308. The third kappa shape index (κ3) is 3.23. The fourth-order valence-corrected chi connectivity index (χ4v) is 1.40. The van der Waals surface area contributed by atoms with Crippen LogP contribution >= 0.6 is 0 Å². The second kappa shape index (κ2) is 6.27. The van der Waals surface area contributed by atoms with Crippen molar-refractivity contribution in [1.29, 1.82) is 10.5 Å². The van der Waals surface area contributed by atoms with Crippen LogP contribution in [0.15, 0.2) is 24.3 Å². The summed E-state index contributed by atoms with van der Waals surface area (Å²) in [7, 11) is 1.53. The second-order valence-electron chi connectivity index (χ2n) is 3.72. The van der Waals surface area contributed by atoms with Gasteiger partial charge in [0.1, 0.15) is 18.4 Å². The summed E-state index contributed by atoms with van der Waals surface area (Å²) in [6, 6.07) is 10.6. The highest BCUT2D eigenvalue weighted by molar-refractivity contribution is 5.80. The van der Waals surface area contributed by atoms with E-state index in [9.17, 15) is 4.79 Å². The first-order valence-corrected chi connectivity index (χ1v) is 5.38. The molecule has 92 valence electrons. The molecule has 0 radical (unpaired) electrons. The molecule has 1 amide bonds. The maximum Gasteiger partial charge on any atom is 0.263 e. The highest BCUT2D eigenvalue weighted by Gasteiger charge is 2.19. The summed E-state index contributed by atoms with van der Waals surface area (Å²) in [5, 5.41) is 17.4. The number of likely N-dealkylation sites (N-methyl/N-ethyl adjacent to an activating group) is 1. The molecule has 0 aliphatic heterocycles. The van der Waals surface area contributed by atoms with E-state index in [0.29, 0.717) is 11.3 Å². The molecule has 0 heterocycles. The molecule has 0 saturated carbocycles. The van der Waals surface area contributed by atoms with Gasteiger partial charge in [-0.1, -0.05) is 12.1 Å². The molecule has 0 fully saturated rings. The summed E-state index contributed by atoms with van der Waals surface area (Å²) in [6.07, 6.45) is -0.738.